The topological polar surface area (TPSA) is 71.7 Å². The third-order valence-corrected chi connectivity index (χ3v) is 8.86. The molecule has 5 rings (SSSR count). The van der Waals surface area contributed by atoms with Gasteiger partial charge in [-0.25, -0.2) is 8.42 Å². The van der Waals surface area contributed by atoms with E-state index in [-0.39, 0.29) is 10.8 Å². The maximum absolute atomic E-state index is 13.2. The molecule has 6 nitrogen and oxygen atoms in total. The lowest BCUT2D eigenvalue weighted by molar-refractivity contribution is 0.0997. The number of carbonyl (C=O) groups is 1. The molecule has 0 radical (unpaired) electrons. The average molecular weight is 478 g/mol. The Hall–Kier alpha value is -3.07. The average Bonchev–Trinajstić information content (AvgIpc) is 3.20. The molecular weight excluding hydrogens is 454 g/mol. The summed E-state index contributed by atoms with van der Waals surface area (Å²) in [6, 6.07) is 21.9. The van der Waals surface area contributed by atoms with Gasteiger partial charge in [0.25, 0.3) is 5.91 Å². The zero-order valence-electron chi connectivity index (χ0n) is 18.1. The summed E-state index contributed by atoms with van der Waals surface area (Å²) in [4.78, 5) is 18.0. The van der Waals surface area contributed by atoms with Gasteiger partial charge in [-0.2, -0.15) is 9.30 Å². The minimum atomic E-state index is -3.64. The number of para-hydroxylation sites is 1. The van der Waals surface area contributed by atoms with E-state index in [2.05, 4.69) is 4.99 Å². The van der Waals surface area contributed by atoms with E-state index in [0.29, 0.717) is 36.4 Å². The van der Waals surface area contributed by atoms with E-state index < -0.39 is 10.0 Å². The van der Waals surface area contributed by atoms with E-state index in [9.17, 15) is 13.2 Å². The summed E-state index contributed by atoms with van der Waals surface area (Å²) in [5, 5.41) is 0. The predicted octanol–water partition coefficient (Wildman–Crippen LogP) is 4.21. The van der Waals surface area contributed by atoms with Crippen molar-refractivity contribution >= 4 is 37.5 Å². The van der Waals surface area contributed by atoms with Crippen molar-refractivity contribution in [2.24, 2.45) is 4.99 Å². The van der Waals surface area contributed by atoms with Gasteiger partial charge < -0.3 is 4.57 Å². The molecule has 4 aromatic rings. The van der Waals surface area contributed by atoms with Crippen molar-refractivity contribution in [1.29, 1.82) is 0 Å². The van der Waals surface area contributed by atoms with Gasteiger partial charge in [0.2, 0.25) is 10.0 Å². The van der Waals surface area contributed by atoms with Crippen LogP contribution >= 0.6 is 11.3 Å². The third kappa shape index (κ3) is 4.06. The van der Waals surface area contributed by atoms with Crippen molar-refractivity contribution in [2.45, 2.75) is 31.3 Å². The second kappa shape index (κ2) is 8.70. The Morgan fingerprint density at radius 1 is 0.970 bits per heavy atom. The number of amides is 1. The van der Waals surface area contributed by atoms with Gasteiger partial charge in [-0.3, -0.25) is 4.79 Å². The number of sulfonamides is 1. The molecule has 0 fully saturated rings. The van der Waals surface area contributed by atoms with Gasteiger partial charge in [0.05, 0.1) is 15.1 Å². The van der Waals surface area contributed by atoms with Crippen molar-refractivity contribution < 1.29 is 13.2 Å². The molecule has 1 aliphatic rings. The highest BCUT2D eigenvalue weighted by atomic mass is 32.2. The van der Waals surface area contributed by atoms with E-state index in [1.54, 1.807) is 12.1 Å². The van der Waals surface area contributed by atoms with E-state index >= 15 is 0 Å². The zero-order valence-corrected chi connectivity index (χ0v) is 19.8. The SMILES string of the molecule is CCn1c(=NC(=O)c2ccc(S(=O)(=O)N3CCc4ccccc4C3)cc2)sc2ccccc21. The Labute approximate surface area is 196 Å². The molecule has 0 bridgehead atoms. The van der Waals surface area contributed by atoms with Crippen molar-refractivity contribution in [3.05, 3.63) is 94.3 Å². The normalized spacial score (nSPS) is 15.0. The van der Waals surface area contributed by atoms with Crippen LogP contribution in [0.1, 0.15) is 28.4 Å². The number of benzene rings is 3. The molecule has 0 spiro atoms. The molecule has 1 aliphatic heterocycles. The largest absolute Gasteiger partial charge is 0.317 e. The van der Waals surface area contributed by atoms with Crippen molar-refractivity contribution in [2.75, 3.05) is 6.54 Å². The molecule has 0 saturated carbocycles. The Bertz CT molecular complexity index is 1520. The first-order chi connectivity index (χ1) is 16.0. The Balaban J connectivity index is 1.41. The number of hydrogen-bond acceptors (Lipinski definition) is 4. The molecular formula is C25H23N3O3S2. The lowest BCUT2D eigenvalue weighted by Crippen LogP contribution is -2.35. The Morgan fingerprint density at radius 3 is 2.42 bits per heavy atom. The van der Waals surface area contributed by atoms with Crippen molar-refractivity contribution in [1.82, 2.24) is 8.87 Å². The van der Waals surface area contributed by atoms with Crippen LogP contribution in [0.25, 0.3) is 10.2 Å². The summed E-state index contributed by atoms with van der Waals surface area (Å²) in [6.07, 6.45) is 0.692. The summed E-state index contributed by atoms with van der Waals surface area (Å²) >= 11 is 1.47. The van der Waals surface area contributed by atoms with Crippen LogP contribution < -0.4 is 4.80 Å². The van der Waals surface area contributed by atoms with Gasteiger partial charge in [0.1, 0.15) is 0 Å². The van der Waals surface area contributed by atoms with Gasteiger partial charge >= 0.3 is 0 Å². The summed E-state index contributed by atoms with van der Waals surface area (Å²) in [6.45, 7) is 3.52. The van der Waals surface area contributed by atoms with Crippen molar-refractivity contribution in [3.63, 3.8) is 0 Å². The number of aromatic nitrogens is 1. The number of carbonyl (C=O) groups excluding carboxylic acids is 1. The van der Waals surface area contributed by atoms with Crippen LogP contribution in [-0.2, 0) is 29.5 Å². The molecule has 3 aromatic carbocycles. The first kappa shape index (κ1) is 21.8. The van der Waals surface area contributed by atoms with Crippen LogP contribution in [-0.4, -0.2) is 29.7 Å². The molecule has 168 valence electrons. The summed E-state index contributed by atoms with van der Waals surface area (Å²) in [5.74, 6) is -0.389. The number of thiazole rings is 1. The maximum Gasteiger partial charge on any atom is 0.279 e. The smallest absolute Gasteiger partial charge is 0.279 e. The minimum Gasteiger partial charge on any atom is -0.317 e. The molecule has 0 N–H and O–H groups in total. The first-order valence-electron chi connectivity index (χ1n) is 10.8. The van der Waals surface area contributed by atoms with Gasteiger partial charge in [-0.15, -0.1) is 0 Å². The number of rotatable bonds is 4. The van der Waals surface area contributed by atoms with Crippen LogP contribution in [0.4, 0.5) is 0 Å². The number of fused-ring (bicyclic) bond motifs is 2. The molecule has 0 atom stereocenters. The fraction of sp³-hybridized carbons (Fsp3) is 0.200. The molecule has 1 amide bonds. The number of aryl methyl sites for hydroxylation is 1. The fourth-order valence-electron chi connectivity index (χ4n) is 4.16. The van der Waals surface area contributed by atoms with Crippen LogP contribution in [0.5, 0.6) is 0 Å². The second-order valence-corrected chi connectivity index (χ2v) is 10.8. The van der Waals surface area contributed by atoms with Gasteiger partial charge in [-0.1, -0.05) is 47.7 Å². The highest BCUT2D eigenvalue weighted by Crippen LogP contribution is 2.25. The lowest BCUT2D eigenvalue weighted by Gasteiger charge is -2.28. The highest BCUT2D eigenvalue weighted by Gasteiger charge is 2.28. The van der Waals surface area contributed by atoms with Crippen LogP contribution in [0.15, 0.2) is 82.7 Å². The zero-order chi connectivity index (χ0) is 23.0. The van der Waals surface area contributed by atoms with Crippen LogP contribution in [0.2, 0.25) is 0 Å². The molecule has 8 heteroatoms. The predicted molar refractivity (Wildman–Crippen MR) is 130 cm³/mol. The molecule has 2 heterocycles. The highest BCUT2D eigenvalue weighted by molar-refractivity contribution is 7.89. The number of hydrogen-bond donors (Lipinski definition) is 0. The quantitative estimate of drug-likeness (QED) is 0.442. The van der Waals surface area contributed by atoms with Crippen LogP contribution in [0, 0.1) is 0 Å². The molecule has 0 aliphatic carbocycles. The first-order valence-corrected chi connectivity index (χ1v) is 13.1. The molecule has 0 saturated heterocycles. The van der Waals surface area contributed by atoms with Gasteiger partial charge in [0, 0.05) is 25.2 Å². The number of nitrogens with zero attached hydrogens (tertiary/aromatic N) is 3. The van der Waals surface area contributed by atoms with E-state index in [0.717, 1.165) is 15.8 Å². The van der Waals surface area contributed by atoms with E-state index in [1.807, 2.05) is 60.0 Å². The maximum atomic E-state index is 13.2. The monoisotopic (exact) mass is 477 g/mol. The van der Waals surface area contributed by atoms with E-state index in [4.69, 9.17) is 0 Å². The second-order valence-electron chi connectivity index (χ2n) is 7.90. The van der Waals surface area contributed by atoms with Gasteiger partial charge in [0.15, 0.2) is 4.80 Å². The standard InChI is InChI=1S/C25H23N3O3S2/c1-2-28-22-9-5-6-10-23(22)32-25(28)26-24(29)19-11-13-21(14-12-19)33(30,31)27-16-15-18-7-3-4-8-20(18)17-27/h3-14H,2,15-17H2,1H3. The van der Waals surface area contributed by atoms with Crippen LogP contribution in [0.3, 0.4) is 0 Å². The lowest BCUT2D eigenvalue weighted by atomic mass is 10.0. The Kier molecular flexibility index (Phi) is 5.74. The molecule has 1 aromatic heterocycles. The summed E-state index contributed by atoms with van der Waals surface area (Å²) in [5.41, 5.74) is 3.63. The van der Waals surface area contributed by atoms with Crippen molar-refractivity contribution in [3.8, 4) is 0 Å². The fourth-order valence-corrected chi connectivity index (χ4v) is 6.67. The summed E-state index contributed by atoms with van der Waals surface area (Å²) < 4.78 is 30.9. The Morgan fingerprint density at radius 2 is 1.67 bits per heavy atom. The van der Waals surface area contributed by atoms with E-state index in [1.165, 1.54) is 33.3 Å². The summed E-state index contributed by atoms with van der Waals surface area (Å²) in [7, 11) is -3.64. The minimum absolute atomic E-state index is 0.184. The molecule has 0 unspecified atom stereocenters. The molecule has 33 heavy (non-hydrogen) atoms. The third-order valence-electron chi connectivity index (χ3n) is 5.94. The van der Waals surface area contributed by atoms with Gasteiger partial charge in [-0.05, 0) is 60.9 Å².